The monoisotopic (exact) mass is 372 g/mol. The van der Waals surface area contributed by atoms with Crippen molar-refractivity contribution in [3.63, 3.8) is 0 Å². The lowest BCUT2D eigenvalue weighted by molar-refractivity contribution is -0.146. The molecule has 7 heteroatoms. The number of methoxy groups -OCH3 is 4. The van der Waals surface area contributed by atoms with Gasteiger partial charge in [0.25, 0.3) is 5.78 Å². The third kappa shape index (κ3) is 4.38. The fourth-order valence-corrected chi connectivity index (χ4v) is 2.51. The van der Waals surface area contributed by atoms with Gasteiger partial charge in [-0.1, -0.05) is 12.1 Å². The van der Waals surface area contributed by atoms with Crippen LogP contribution >= 0.6 is 0 Å². The third-order valence-electron chi connectivity index (χ3n) is 3.85. The Hall–Kier alpha value is -3.48. The van der Waals surface area contributed by atoms with Crippen LogP contribution in [-0.4, -0.2) is 45.3 Å². The Bertz CT molecular complexity index is 884. The molecule has 2 aromatic carbocycles. The lowest BCUT2D eigenvalue weighted by Gasteiger charge is -2.12. The first-order valence-electron chi connectivity index (χ1n) is 7.88. The van der Waals surface area contributed by atoms with Gasteiger partial charge < -0.3 is 24.1 Å². The Labute approximate surface area is 156 Å². The lowest BCUT2D eigenvalue weighted by Crippen LogP contribution is -2.14. The van der Waals surface area contributed by atoms with Crippen LogP contribution in [0.1, 0.15) is 11.1 Å². The molecule has 0 atom stereocenters. The van der Waals surface area contributed by atoms with Gasteiger partial charge in [-0.3, -0.25) is 4.79 Å². The molecule has 2 rings (SSSR count). The molecule has 2 aromatic rings. The van der Waals surface area contributed by atoms with E-state index in [2.05, 4.69) is 0 Å². The Kier molecular flexibility index (Phi) is 6.43. The Morgan fingerprint density at radius 1 is 0.778 bits per heavy atom. The van der Waals surface area contributed by atoms with E-state index in [-0.39, 0.29) is 5.57 Å². The van der Waals surface area contributed by atoms with Gasteiger partial charge in [-0.15, -0.1) is 0 Å². The quantitative estimate of drug-likeness (QED) is 0.433. The number of hydrogen-bond donors (Lipinski definition) is 1. The summed E-state index contributed by atoms with van der Waals surface area (Å²) >= 11 is 0. The summed E-state index contributed by atoms with van der Waals surface area (Å²) in [6.07, 6.45) is 1.47. The molecule has 1 N–H and O–H groups in total. The van der Waals surface area contributed by atoms with Gasteiger partial charge in [-0.25, -0.2) is 4.79 Å². The summed E-state index contributed by atoms with van der Waals surface area (Å²) in [7, 11) is 5.94. The highest BCUT2D eigenvalue weighted by Gasteiger charge is 2.21. The number of carbonyl (C=O) groups excluding carboxylic acids is 1. The van der Waals surface area contributed by atoms with Gasteiger partial charge in [0.15, 0.2) is 23.0 Å². The Morgan fingerprint density at radius 2 is 1.30 bits per heavy atom. The van der Waals surface area contributed by atoms with E-state index in [1.165, 1.54) is 34.5 Å². The summed E-state index contributed by atoms with van der Waals surface area (Å²) in [5.41, 5.74) is 0.956. The molecule has 0 saturated heterocycles. The van der Waals surface area contributed by atoms with Crippen molar-refractivity contribution in [1.29, 1.82) is 0 Å². The summed E-state index contributed by atoms with van der Waals surface area (Å²) in [6, 6.07) is 9.75. The van der Waals surface area contributed by atoms with Crippen molar-refractivity contribution in [3.8, 4) is 23.0 Å². The summed E-state index contributed by atoms with van der Waals surface area (Å²) in [5.74, 6) is -0.776. The number of hydrogen-bond acceptors (Lipinski definition) is 6. The summed E-state index contributed by atoms with van der Waals surface area (Å²) in [4.78, 5) is 23.6. The van der Waals surface area contributed by atoms with Crippen molar-refractivity contribution in [2.45, 2.75) is 0 Å². The standard InChI is InChI=1S/C20H20O7/c1-24-15-7-5-12(10-17(15)26-3)9-14(19(21)20(22)23)13-6-8-16(25-2)18(11-13)27-4/h5-11H,1-4H3,(H,22,23)/b14-9-. The molecule has 0 aliphatic rings. The maximum absolute atomic E-state index is 12.3. The molecule has 0 aromatic heterocycles. The minimum atomic E-state index is -1.56. The van der Waals surface area contributed by atoms with Crippen molar-refractivity contribution in [2.75, 3.05) is 28.4 Å². The number of aliphatic carboxylic acids is 1. The molecular formula is C20H20O7. The molecule has 7 nitrogen and oxygen atoms in total. The second-order valence-electron chi connectivity index (χ2n) is 5.38. The molecule has 0 amide bonds. The number of rotatable bonds is 8. The topological polar surface area (TPSA) is 91.3 Å². The molecule has 0 aliphatic heterocycles. The van der Waals surface area contributed by atoms with Crippen LogP contribution in [0.25, 0.3) is 11.6 Å². The molecule has 0 bridgehead atoms. The van der Waals surface area contributed by atoms with Crippen molar-refractivity contribution in [3.05, 3.63) is 47.5 Å². The van der Waals surface area contributed by atoms with E-state index in [1.54, 1.807) is 36.4 Å². The van der Waals surface area contributed by atoms with Crippen LogP contribution in [0, 0.1) is 0 Å². The summed E-state index contributed by atoms with van der Waals surface area (Å²) in [5, 5.41) is 9.21. The summed E-state index contributed by atoms with van der Waals surface area (Å²) in [6.45, 7) is 0. The van der Waals surface area contributed by atoms with E-state index in [1.807, 2.05) is 0 Å². The highest BCUT2D eigenvalue weighted by Crippen LogP contribution is 2.33. The van der Waals surface area contributed by atoms with Crippen LogP contribution < -0.4 is 18.9 Å². The van der Waals surface area contributed by atoms with E-state index in [0.29, 0.717) is 34.1 Å². The van der Waals surface area contributed by atoms with Crippen LogP contribution in [0.5, 0.6) is 23.0 Å². The van der Waals surface area contributed by atoms with Gasteiger partial charge in [0, 0.05) is 5.57 Å². The molecule has 0 unspecified atom stereocenters. The second kappa shape index (κ2) is 8.75. The zero-order chi connectivity index (χ0) is 20.0. The first-order valence-corrected chi connectivity index (χ1v) is 7.88. The lowest BCUT2D eigenvalue weighted by atomic mass is 9.98. The van der Waals surface area contributed by atoms with E-state index >= 15 is 0 Å². The maximum Gasteiger partial charge on any atom is 0.377 e. The molecule has 0 saturated carbocycles. The zero-order valence-corrected chi connectivity index (χ0v) is 15.4. The molecule has 27 heavy (non-hydrogen) atoms. The molecular weight excluding hydrogens is 352 g/mol. The van der Waals surface area contributed by atoms with E-state index in [4.69, 9.17) is 18.9 Å². The zero-order valence-electron chi connectivity index (χ0n) is 15.4. The number of Topliss-reactive ketones (excluding diaryl/α,β-unsaturated/α-hetero) is 1. The number of ether oxygens (including phenoxy) is 4. The number of benzene rings is 2. The molecule has 0 radical (unpaired) electrons. The molecule has 142 valence electrons. The summed E-state index contributed by atoms with van der Waals surface area (Å²) < 4.78 is 20.8. The van der Waals surface area contributed by atoms with Crippen LogP contribution in [0.15, 0.2) is 36.4 Å². The third-order valence-corrected chi connectivity index (χ3v) is 3.85. The average molecular weight is 372 g/mol. The minimum Gasteiger partial charge on any atom is -0.493 e. The van der Waals surface area contributed by atoms with E-state index in [9.17, 15) is 14.7 Å². The van der Waals surface area contributed by atoms with Crippen LogP contribution in [-0.2, 0) is 9.59 Å². The Morgan fingerprint density at radius 3 is 1.81 bits per heavy atom. The maximum atomic E-state index is 12.3. The van der Waals surface area contributed by atoms with Crippen molar-refractivity contribution < 1.29 is 33.6 Å². The average Bonchev–Trinajstić information content (AvgIpc) is 2.70. The van der Waals surface area contributed by atoms with Gasteiger partial charge in [0.2, 0.25) is 0 Å². The van der Waals surface area contributed by atoms with Crippen molar-refractivity contribution in [1.82, 2.24) is 0 Å². The van der Waals surface area contributed by atoms with Crippen molar-refractivity contribution in [2.24, 2.45) is 0 Å². The highest BCUT2D eigenvalue weighted by molar-refractivity contribution is 6.52. The predicted octanol–water partition coefficient (Wildman–Crippen LogP) is 2.92. The van der Waals surface area contributed by atoms with Gasteiger partial charge in [0.1, 0.15) is 0 Å². The van der Waals surface area contributed by atoms with E-state index in [0.717, 1.165) is 0 Å². The number of carbonyl (C=O) groups is 2. The van der Waals surface area contributed by atoms with Gasteiger partial charge in [-0.2, -0.15) is 0 Å². The molecule has 0 aliphatic carbocycles. The highest BCUT2D eigenvalue weighted by atomic mass is 16.5. The van der Waals surface area contributed by atoms with Crippen LogP contribution in [0.4, 0.5) is 0 Å². The first-order chi connectivity index (χ1) is 12.9. The molecule has 0 heterocycles. The van der Waals surface area contributed by atoms with E-state index < -0.39 is 11.8 Å². The number of carboxylic acid groups (broad SMARTS) is 1. The molecule has 0 spiro atoms. The number of carboxylic acids is 1. The van der Waals surface area contributed by atoms with Gasteiger partial charge in [0.05, 0.1) is 28.4 Å². The fourth-order valence-electron chi connectivity index (χ4n) is 2.51. The first kappa shape index (κ1) is 19.8. The fraction of sp³-hybridized carbons (Fsp3) is 0.200. The number of ketones is 1. The smallest absolute Gasteiger partial charge is 0.377 e. The largest absolute Gasteiger partial charge is 0.493 e. The van der Waals surface area contributed by atoms with Crippen molar-refractivity contribution >= 4 is 23.4 Å². The SMILES string of the molecule is COc1ccc(/C=C(\C(=O)C(=O)O)c2ccc(OC)c(OC)c2)cc1OC. The van der Waals surface area contributed by atoms with Crippen LogP contribution in [0.2, 0.25) is 0 Å². The van der Waals surface area contributed by atoms with Gasteiger partial charge in [-0.05, 0) is 41.5 Å². The minimum absolute atomic E-state index is 0.00401. The Balaban J connectivity index is 2.61. The normalized spacial score (nSPS) is 10.9. The van der Waals surface area contributed by atoms with Gasteiger partial charge >= 0.3 is 5.97 Å². The second-order valence-corrected chi connectivity index (χ2v) is 5.38. The van der Waals surface area contributed by atoms with Crippen LogP contribution in [0.3, 0.4) is 0 Å². The predicted molar refractivity (Wildman–Crippen MR) is 99.6 cm³/mol. The molecule has 0 fully saturated rings.